The van der Waals surface area contributed by atoms with Gasteiger partial charge in [-0.2, -0.15) is 0 Å². The molecule has 0 unspecified atom stereocenters. The highest BCUT2D eigenvalue weighted by atomic mass is 16.5. The lowest BCUT2D eigenvalue weighted by atomic mass is 10.2. The van der Waals surface area contributed by atoms with E-state index in [-0.39, 0.29) is 0 Å². The van der Waals surface area contributed by atoms with Gasteiger partial charge in [0, 0.05) is 18.7 Å². The molecule has 0 radical (unpaired) electrons. The summed E-state index contributed by atoms with van der Waals surface area (Å²) >= 11 is 0. The van der Waals surface area contributed by atoms with Crippen molar-refractivity contribution in [2.24, 2.45) is 0 Å². The van der Waals surface area contributed by atoms with Crippen LogP contribution in [0.25, 0.3) is 0 Å². The van der Waals surface area contributed by atoms with Crippen molar-refractivity contribution in [2.45, 2.75) is 6.54 Å². The van der Waals surface area contributed by atoms with Gasteiger partial charge in [0.15, 0.2) is 0 Å². The topological polar surface area (TPSA) is 68.3 Å². The maximum absolute atomic E-state index is 5.38. The van der Waals surface area contributed by atoms with Crippen LogP contribution >= 0.6 is 0 Å². The molecular weight excluding hydrogens is 316 g/mol. The number of aromatic nitrogens is 2. The predicted molar refractivity (Wildman–Crippen MR) is 98.6 cm³/mol. The maximum Gasteiger partial charge on any atom is 0.142 e. The fourth-order valence-electron chi connectivity index (χ4n) is 2.36. The van der Waals surface area contributed by atoms with Crippen molar-refractivity contribution in [3.05, 3.63) is 66.5 Å². The van der Waals surface area contributed by atoms with E-state index in [1.54, 1.807) is 14.2 Å². The molecule has 1 heterocycles. The maximum atomic E-state index is 5.38. The van der Waals surface area contributed by atoms with Gasteiger partial charge >= 0.3 is 0 Å². The van der Waals surface area contributed by atoms with E-state index in [0.29, 0.717) is 18.1 Å². The normalized spacial score (nSPS) is 10.2. The second-order valence-electron chi connectivity index (χ2n) is 5.32. The lowest BCUT2D eigenvalue weighted by molar-refractivity contribution is 0.405. The van der Waals surface area contributed by atoms with Crippen molar-refractivity contribution in [1.29, 1.82) is 0 Å². The number of rotatable bonds is 7. The Bertz CT molecular complexity index is 825. The molecule has 6 nitrogen and oxygen atoms in total. The van der Waals surface area contributed by atoms with E-state index in [9.17, 15) is 0 Å². The Morgan fingerprint density at radius 2 is 1.68 bits per heavy atom. The number of hydrogen-bond donors (Lipinski definition) is 2. The molecule has 6 heteroatoms. The fraction of sp³-hybridized carbons (Fsp3) is 0.158. The van der Waals surface area contributed by atoms with Crippen molar-refractivity contribution >= 4 is 17.3 Å². The molecule has 0 atom stereocenters. The van der Waals surface area contributed by atoms with Gasteiger partial charge in [0.05, 0.1) is 19.9 Å². The lowest BCUT2D eigenvalue weighted by Gasteiger charge is -2.13. The summed E-state index contributed by atoms with van der Waals surface area (Å²) < 4.78 is 10.6. The van der Waals surface area contributed by atoms with E-state index in [2.05, 4.69) is 32.7 Å². The van der Waals surface area contributed by atoms with Gasteiger partial charge in [-0.15, -0.1) is 0 Å². The summed E-state index contributed by atoms with van der Waals surface area (Å²) in [5.74, 6) is 2.85. The first-order valence-corrected chi connectivity index (χ1v) is 7.87. The highest BCUT2D eigenvalue weighted by molar-refractivity contribution is 5.67. The molecular formula is C19H20N4O2. The van der Waals surface area contributed by atoms with Gasteiger partial charge in [-0.1, -0.05) is 30.3 Å². The molecule has 0 aliphatic heterocycles. The summed E-state index contributed by atoms with van der Waals surface area (Å²) in [4.78, 5) is 8.52. The van der Waals surface area contributed by atoms with Crippen LogP contribution in [0.3, 0.4) is 0 Å². The summed E-state index contributed by atoms with van der Waals surface area (Å²) in [7, 11) is 3.25. The third kappa shape index (κ3) is 4.38. The van der Waals surface area contributed by atoms with E-state index < -0.39 is 0 Å². The first-order chi connectivity index (χ1) is 12.3. The Morgan fingerprint density at radius 1 is 0.880 bits per heavy atom. The van der Waals surface area contributed by atoms with Crippen LogP contribution in [-0.2, 0) is 6.54 Å². The Hall–Kier alpha value is -3.28. The number of ether oxygens (including phenoxy) is 2. The number of benzene rings is 2. The van der Waals surface area contributed by atoms with Gasteiger partial charge in [-0.05, 0) is 17.7 Å². The van der Waals surface area contributed by atoms with E-state index >= 15 is 0 Å². The molecule has 0 spiro atoms. The van der Waals surface area contributed by atoms with Crippen molar-refractivity contribution in [2.75, 3.05) is 24.9 Å². The third-order valence-electron chi connectivity index (χ3n) is 3.65. The molecule has 0 saturated carbocycles. The summed E-state index contributed by atoms with van der Waals surface area (Å²) in [5.41, 5.74) is 1.96. The molecule has 128 valence electrons. The third-order valence-corrected chi connectivity index (χ3v) is 3.65. The van der Waals surface area contributed by atoms with Crippen molar-refractivity contribution in [1.82, 2.24) is 9.97 Å². The molecule has 3 rings (SSSR count). The molecule has 0 aliphatic carbocycles. The van der Waals surface area contributed by atoms with Gasteiger partial charge in [-0.25, -0.2) is 9.97 Å². The van der Waals surface area contributed by atoms with Gasteiger partial charge in [0.25, 0.3) is 0 Å². The fourth-order valence-corrected chi connectivity index (χ4v) is 2.36. The second-order valence-corrected chi connectivity index (χ2v) is 5.32. The molecule has 3 aromatic rings. The van der Waals surface area contributed by atoms with Crippen molar-refractivity contribution < 1.29 is 9.47 Å². The molecule has 25 heavy (non-hydrogen) atoms. The number of hydrogen-bond acceptors (Lipinski definition) is 6. The molecule has 1 aromatic heterocycles. The molecule has 0 bridgehead atoms. The number of nitrogens with one attached hydrogen (secondary N) is 2. The number of anilines is 3. The Balaban J connectivity index is 1.73. The monoisotopic (exact) mass is 336 g/mol. The van der Waals surface area contributed by atoms with Gasteiger partial charge in [-0.3, -0.25) is 0 Å². The zero-order valence-corrected chi connectivity index (χ0v) is 14.2. The minimum Gasteiger partial charge on any atom is -0.497 e. The Kier molecular flexibility index (Phi) is 5.31. The van der Waals surface area contributed by atoms with Crippen LogP contribution in [0.2, 0.25) is 0 Å². The van der Waals surface area contributed by atoms with Crippen LogP contribution in [0, 0.1) is 0 Å². The molecule has 0 fully saturated rings. The van der Waals surface area contributed by atoms with Crippen molar-refractivity contribution in [3.8, 4) is 11.5 Å². The average molecular weight is 336 g/mol. The van der Waals surface area contributed by atoms with Crippen molar-refractivity contribution in [3.63, 3.8) is 0 Å². The lowest BCUT2D eigenvalue weighted by Crippen LogP contribution is -2.03. The van der Waals surface area contributed by atoms with Crippen LogP contribution in [-0.4, -0.2) is 24.2 Å². The number of nitrogens with zero attached hydrogens (tertiary/aromatic N) is 2. The highest BCUT2D eigenvalue weighted by Crippen LogP contribution is 2.31. The van der Waals surface area contributed by atoms with E-state index in [1.807, 2.05) is 42.5 Å². The Morgan fingerprint density at radius 3 is 2.44 bits per heavy atom. The zero-order valence-electron chi connectivity index (χ0n) is 14.2. The standard InChI is InChI=1S/C19H20N4O2/c1-24-15-8-9-17(25-2)16(10-15)23-19-11-18(21-13-22-19)20-12-14-6-4-3-5-7-14/h3-11,13H,12H2,1-2H3,(H2,20,21,22,23). The van der Waals surface area contributed by atoms with Gasteiger partial charge in [0.2, 0.25) is 0 Å². The van der Waals surface area contributed by atoms with E-state index in [0.717, 1.165) is 17.3 Å². The summed E-state index contributed by atoms with van der Waals surface area (Å²) in [6, 6.07) is 17.5. The largest absolute Gasteiger partial charge is 0.497 e. The van der Waals surface area contributed by atoms with Crippen LogP contribution in [0.4, 0.5) is 17.3 Å². The van der Waals surface area contributed by atoms with E-state index in [1.165, 1.54) is 11.9 Å². The zero-order chi connectivity index (χ0) is 17.5. The molecule has 0 aliphatic rings. The van der Waals surface area contributed by atoms with E-state index in [4.69, 9.17) is 9.47 Å². The van der Waals surface area contributed by atoms with Crippen LogP contribution in [0.5, 0.6) is 11.5 Å². The number of methoxy groups -OCH3 is 2. The van der Waals surface area contributed by atoms with Crippen LogP contribution in [0.15, 0.2) is 60.9 Å². The molecule has 0 saturated heterocycles. The smallest absolute Gasteiger partial charge is 0.142 e. The minimum atomic E-state index is 0.664. The molecule has 0 amide bonds. The molecule has 2 aromatic carbocycles. The SMILES string of the molecule is COc1ccc(OC)c(Nc2cc(NCc3ccccc3)ncn2)c1. The highest BCUT2D eigenvalue weighted by Gasteiger charge is 2.07. The summed E-state index contributed by atoms with van der Waals surface area (Å²) in [6.45, 7) is 0.694. The average Bonchev–Trinajstić information content (AvgIpc) is 2.67. The first kappa shape index (κ1) is 16.6. The van der Waals surface area contributed by atoms with Gasteiger partial charge < -0.3 is 20.1 Å². The first-order valence-electron chi connectivity index (χ1n) is 7.87. The predicted octanol–water partition coefficient (Wildman–Crippen LogP) is 3.85. The van der Waals surface area contributed by atoms with Gasteiger partial charge in [0.1, 0.15) is 29.5 Å². The van der Waals surface area contributed by atoms with Crippen LogP contribution < -0.4 is 20.1 Å². The quantitative estimate of drug-likeness (QED) is 0.683. The minimum absolute atomic E-state index is 0.664. The second kappa shape index (κ2) is 8.01. The Labute approximate surface area is 146 Å². The summed E-state index contributed by atoms with van der Waals surface area (Å²) in [6.07, 6.45) is 1.52. The summed E-state index contributed by atoms with van der Waals surface area (Å²) in [5, 5.41) is 6.53. The molecule has 2 N–H and O–H groups in total. The van der Waals surface area contributed by atoms with Crippen LogP contribution in [0.1, 0.15) is 5.56 Å².